The fourth-order valence-electron chi connectivity index (χ4n) is 7.38. The Labute approximate surface area is 390 Å². The lowest BCUT2D eigenvalue weighted by Gasteiger charge is -2.18. The fraction of sp³-hybridized carbons (Fsp3) is 0.772. The van der Waals surface area contributed by atoms with Crippen molar-refractivity contribution in [1.29, 1.82) is 0 Å². The molecule has 0 rings (SSSR count). The number of carbonyl (C=O) groups is 3. The molecule has 0 aromatic rings. The highest BCUT2D eigenvalue weighted by atomic mass is 16.6. The topological polar surface area (TPSA) is 78.9 Å². The Morgan fingerprint density at radius 1 is 0.317 bits per heavy atom. The van der Waals surface area contributed by atoms with Crippen LogP contribution in [0.1, 0.15) is 265 Å². The number of ether oxygens (including phenoxy) is 3. The molecule has 0 saturated carbocycles. The minimum atomic E-state index is -0.788. The van der Waals surface area contributed by atoms with Gasteiger partial charge in [-0.3, -0.25) is 14.4 Å². The average Bonchev–Trinajstić information content (AvgIpc) is 3.28. The molecule has 0 aromatic heterocycles. The van der Waals surface area contributed by atoms with E-state index in [-0.39, 0.29) is 31.1 Å². The van der Waals surface area contributed by atoms with Crippen LogP contribution in [-0.2, 0) is 28.6 Å². The first kappa shape index (κ1) is 60.1. The normalized spacial score (nSPS) is 12.5. The molecule has 0 saturated heterocycles. The summed E-state index contributed by atoms with van der Waals surface area (Å²) in [5.74, 6) is -0.913. The molecule has 1 atom stereocenters. The van der Waals surface area contributed by atoms with Crippen LogP contribution >= 0.6 is 0 Å². The molecule has 0 aromatic carbocycles. The highest BCUT2D eigenvalue weighted by molar-refractivity contribution is 5.71. The lowest BCUT2D eigenvalue weighted by atomic mass is 10.1. The van der Waals surface area contributed by atoms with Gasteiger partial charge in [0.2, 0.25) is 0 Å². The van der Waals surface area contributed by atoms with Gasteiger partial charge >= 0.3 is 17.9 Å². The maximum atomic E-state index is 12.8. The van der Waals surface area contributed by atoms with Crippen LogP contribution in [0.15, 0.2) is 60.8 Å². The van der Waals surface area contributed by atoms with Crippen molar-refractivity contribution in [2.45, 2.75) is 271 Å². The third-order valence-electron chi connectivity index (χ3n) is 11.5. The molecule has 1 unspecified atom stereocenters. The third kappa shape index (κ3) is 50.0. The van der Waals surface area contributed by atoms with Crippen LogP contribution in [0.2, 0.25) is 0 Å². The van der Waals surface area contributed by atoms with Gasteiger partial charge in [0.25, 0.3) is 0 Å². The van der Waals surface area contributed by atoms with Crippen molar-refractivity contribution in [3.05, 3.63) is 60.8 Å². The number of unbranched alkanes of at least 4 members (excludes halogenated alkanes) is 27. The molecule has 6 heteroatoms. The highest BCUT2D eigenvalue weighted by Crippen LogP contribution is 2.14. The van der Waals surface area contributed by atoms with Crippen LogP contribution in [-0.4, -0.2) is 37.2 Å². The largest absolute Gasteiger partial charge is 0.462 e. The van der Waals surface area contributed by atoms with E-state index in [0.29, 0.717) is 19.3 Å². The van der Waals surface area contributed by atoms with E-state index in [1.807, 2.05) is 0 Å². The van der Waals surface area contributed by atoms with E-state index in [2.05, 4.69) is 81.5 Å². The Morgan fingerprint density at radius 2 is 0.571 bits per heavy atom. The van der Waals surface area contributed by atoms with E-state index in [1.165, 1.54) is 122 Å². The van der Waals surface area contributed by atoms with E-state index in [1.54, 1.807) is 0 Å². The lowest BCUT2D eigenvalue weighted by molar-refractivity contribution is -0.167. The summed E-state index contributed by atoms with van der Waals surface area (Å²) in [7, 11) is 0. The van der Waals surface area contributed by atoms with Crippen LogP contribution in [0.3, 0.4) is 0 Å². The molecular formula is C57H100O6. The summed E-state index contributed by atoms with van der Waals surface area (Å²) in [6.45, 7) is 6.56. The monoisotopic (exact) mass is 881 g/mol. The summed E-state index contributed by atoms with van der Waals surface area (Å²) >= 11 is 0. The van der Waals surface area contributed by atoms with Crippen molar-refractivity contribution in [2.75, 3.05) is 13.2 Å². The van der Waals surface area contributed by atoms with Crippen molar-refractivity contribution in [3.8, 4) is 0 Å². The van der Waals surface area contributed by atoms with Crippen molar-refractivity contribution >= 4 is 17.9 Å². The van der Waals surface area contributed by atoms with Gasteiger partial charge < -0.3 is 14.2 Å². The molecule has 364 valence electrons. The molecule has 0 aliphatic heterocycles. The maximum Gasteiger partial charge on any atom is 0.306 e. The highest BCUT2D eigenvalue weighted by Gasteiger charge is 2.19. The number of carbonyl (C=O) groups excluding carboxylic acids is 3. The number of hydrogen-bond acceptors (Lipinski definition) is 6. The lowest BCUT2D eigenvalue weighted by Crippen LogP contribution is -2.30. The predicted molar refractivity (Wildman–Crippen MR) is 270 cm³/mol. The van der Waals surface area contributed by atoms with E-state index in [4.69, 9.17) is 14.2 Å². The quantitative estimate of drug-likeness (QED) is 0.0262. The summed E-state index contributed by atoms with van der Waals surface area (Å²) in [5.41, 5.74) is 0. The molecular weight excluding hydrogens is 781 g/mol. The molecule has 0 radical (unpaired) electrons. The molecule has 0 spiro atoms. The third-order valence-corrected chi connectivity index (χ3v) is 11.5. The Kier molecular flexibility index (Phi) is 49.4. The SMILES string of the molecule is CCCCCC=CCC=CCCCCCCCC(=O)OCC(COC(=O)CCCCCCCCCC=CCCCCCC)OC(=O)CCCCCCCC=CCC=CCCCCC. The Morgan fingerprint density at radius 3 is 0.921 bits per heavy atom. The van der Waals surface area contributed by atoms with Gasteiger partial charge in [0.1, 0.15) is 13.2 Å². The standard InChI is InChI=1S/C57H100O6/c1-4-7-10-13-16-19-22-25-28-31-34-37-40-43-46-49-55(58)61-52-54(63-57(60)51-48-45-42-39-36-33-30-27-24-21-18-15-12-9-6-3)53-62-56(59)50-47-44-41-38-35-32-29-26-23-20-17-14-11-8-5-2/h16,18-21,23,25,27-28,30,54H,4-15,17,22,24,26,29,31-53H2,1-3H3. The molecule has 0 fully saturated rings. The molecule has 6 nitrogen and oxygen atoms in total. The Hall–Kier alpha value is -2.89. The van der Waals surface area contributed by atoms with Gasteiger partial charge in [-0.1, -0.05) is 197 Å². The fourth-order valence-corrected chi connectivity index (χ4v) is 7.38. The molecule has 0 bridgehead atoms. The summed E-state index contributed by atoms with van der Waals surface area (Å²) in [4.78, 5) is 38.0. The maximum absolute atomic E-state index is 12.8. The zero-order valence-corrected chi connectivity index (χ0v) is 41.6. The van der Waals surface area contributed by atoms with Crippen LogP contribution < -0.4 is 0 Å². The second kappa shape index (κ2) is 51.7. The van der Waals surface area contributed by atoms with Crippen molar-refractivity contribution in [2.24, 2.45) is 0 Å². The van der Waals surface area contributed by atoms with E-state index in [9.17, 15) is 14.4 Å². The molecule has 0 aliphatic carbocycles. The first-order valence-electron chi connectivity index (χ1n) is 26.8. The number of hydrogen-bond donors (Lipinski definition) is 0. The van der Waals surface area contributed by atoms with E-state index < -0.39 is 6.10 Å². The van der Waals surface area contributed by atoms with Crippen LogP contribution in [0.4, 0.5) is 0 Å². The summed E-state index contributed by atoms with van der Waals surface area (Å²) in [6, 6.07) is 0. The molecule has 0 heterocycles. The number of rotatable bonds is 48. The van der Waals surface area contributed by atoms with E-state index >= 15 is 0 Å². The molecule has 0 N–H and O–H groups in total. The summed E-state index contributed by atoms with van der Waals surface area (Å²) < 4.78 is 16.8. The van der Waals surface area contributed by atoms with Crippen LogP contribution in [0, 0.1) is 0 Å². The van der Waals surface area contributed by atoms with Gasteiger partial charge in [-0.05, 0) is 109 Å². The van der Waals surface area contributed by atoms with Crippen molar-refractivity contribution < 1.29 is 28.6 Å². The van der Waals surface area contributed by atoms with Gasteiger partial charge in [-0.25, -0.2) is 0 Å². The van der Waals surface area contributed by atoms with Crippen molar-refractivity contribution in [3.63, 3.8) is 0 Å². The first-order valence-corrected chi connectivity index (χ1v) is 26.8. The van der Waals surface area contributed by atoms with Gasteiger partial charge in [0.15, 0.2) is 6.10 Å². The van der Waals surface area contributed by atoms with Crippen molar-refractivity contribution in [1.82, 2.24) is 0 Å². The molecule has 63 heavy (non-hydrogen) atoms. The summed E-state index contributed by atoms with van der Waals surface area (Å²) in [6.07, 6.45) is 63.4. The number of allylic oxidation sites excluding steroid dienone is 10. The predicted octanol–water partition coefficient (Wildman–Crippen LogP) is 17.6. The van der Waals surface area contributed by atoms with Gasteiger partial charge in [-0.15, -0.1) is 0 Å². The Bertz CT molecular complexity index is 1150. The van der Waals surface area contributed by atoms with E-state index in [0.717, 1.165) is 103 Å². The first-order chi connectivity index (χ1) is 31.0. The molecule has 0 aliphatic rings. The zero-order chi connectivity index (χ0) is 45.8. The smallest absolute Gasteiger partial charge is 0.306 e. The second-order valence-corrected chi connectivity index (χ2v) is 17.8. The van der Waals surface area contributed by atoms with Gasteiger partial charge in [0.05, 0.1) is 0 Å². The average molecular weight is 881 g/mol. The number of esters is 3. The van der Waals surface area contributed by atoms with Gasteiger partial charge in [-0.2, -0.15) is 0 Å². The van der Waals surface area contributed by atoms with Gasteiger partial charge in [0, 0.05) is 19.3 Å². The summed E-state index contributed by atoms with van der Waals surface area (Å²) in [5, 5.41) is 0. The Balaban J connectivity index is 4.43. The minimum absolute atomic E-state index is 0.0864. The minimum Gasteiger partial charge on any atom is -0.462 e. The van der Waals surface area contributed by atoms with Crippen LogP contribution in [0.5, 0.6) is 0 Å². The second-order valence-electron chi connectivity index (χ2n) is 17.8. The van der Waals surface area contributed by atoms with Crippen LogP contribution in [0.25, 0.3) is 0 Å². The zero-order valence-electron chi connectivity index (χ0n) is 41.6. The molecule has 0 amide bonds.